The van der Waals surface area contributed by atoms with Crippen LogP contribution in [-0.4, -0.2) is 9.97 Å². The molecule has 0 spiro atoms. The molecule has 3 nitrogen and oxygen atoms in total. The molecule has 1 aromatic carbocycles. The lowest BCUT2D eigenvalue weighted by Gasteiger charge is -2.02. The number of nitrogens with zero attached hydrogens (tertiary/aromatic N) is 1. The summed E-state index contributed by atoms with van der Waals surface area (Å²) in [6.07, 6.45) is 1.44. The average molecular weight is 321 g/mol. The van der Waals surface area contributed by atoms with Gasteiger partial charge in [-0.1, -0.05) is 27.6 Å². The van der Waals surface area contributed by atoms with Gasteiger partial charge in [-0.05, 0) is 25.1 Å². The molecule has 0 aliphatic rings. The standard InChI is InChI=1S/C13H9BrN2OS/c1-7-2-3-9(14)8(4-7)11-5-10-12(18-11)13(17)16-6-15-10/h2-6H,1H3,(H,15,16,17). The lowest BCUT2D eigenvalue weighted by Crippen LogP contribution is -2.02. The molecule has 3 aromatic rings. The van der Waals surface area contributed by atoms with E-state index in [-0.39, 0.29) is 5.56 Å². The van der Waals surface area contributed by atoms with E-state index in [0.29, 0.717) is 4.70 Å². The normalized spacial score (nSPS) is 11.0. The highest BCUT2D eigenvalue weighted by Crippen LogP contribution is 2.35. The van der Waals surface area contributed by atoms with Crippen molar-refractivity contribution in [2.45, 2.75) is 6.92 Å². The number of fused-ring (bicyclic) bond motifs is 1. The van der Waals surface area contributed by atoms with Gasteiger partial charge >= 0.3 is 0 Å². The summed E-state index contributed by atoms with van der Waals surface area (Å²) in [5.41, 5.74) is 2.94. The van der Waals surface area contributed by atoms with Gasteiger partial charge in [0.2, 0.25) is 0 Å². The summed E-state index contributed by atoms with van der Waals surface area (Å²) in [5.74, 6) is 0. The molecule has 18 heavy (non-hydrogen) atoms. The van der Waals surface area contributed by atoms with E-state index in [0.717, 1.165) is 20.4 Å². The van der Waals surface area contributed by atoms with Crippen LogP contribution < -0.4 is 5.56 Å². The first-order chi connectivity index (χ1) is 8.65. The molecule has 2 aromatic heterocycles. The van der Waals surface area contributed by atoms with Crippen molar-refractivity contribution < 1.29 is 0 Å². The van der Waals surface area contributed by atoms with Crippen molar-refractivity contribution in [2.24, 2.45) is 0 Å². The molecule has 3 rings (SSSR count). The highest BCUT2D eigenvalue weighted by Gasteiger charge is 2.10. The van der Waals surface area contributed by atoms with Crippen molar-refractivity contribution in [3.63, 3.8) is 0 Å². The predicted octanol–water partition coefficient (Wildman–Crippen LogP) is 3.72. The van der Waals surface area contributed by atoms with E-state index in [4.69, 9.17) is 0 Å². The SMILES string of the molecule is Cc1ccc(Br)c(-c2cc3nc[nH]c(=O)c3s2)c1. The zero-order valence-electron chi connectivity index (χ0n) is 9.53. The van der Waals surface area contributed by atoms with Crippen molar-refractivity contribution in [3.8, 4) is 10.4 Å². The van der Waals surface area contributed by atoms with E-state index in [2.05, 4.69) is 32.0 Å². The number of rotatable bonds is 1. The van der Waals surface area contributed by atoms with Crippen LogP contribution in [0.3, 0.4) is 0 Å². The van der Waals surface area contributed by atoms with Crippen LogP contribution in [0.1, 0.15) is 5.56 Å². The number of nitrogens with one attached hydrogen (secondary N) is 1. The Kier molecular flexibility index (Phi) is 2.80. The van der Waals surface area contributed by atoms with Crippen molar-refractivity contribution in [2.75, 3.05) is 0 Å². The number of aryl methyl sites for hydroxylation is 1. The summed E-state index contributed by atoms with van der Waals surface area (Å²) < 4.78 is 1.69. The van der Waals surface area contributed by atoms with Gasteiger partial charge in [-0.2, -0.15) is 0 Å². The molecule has 2 heterocycles. The summed E-state index contributed by atoms with van der Waals surface area (Å²) in [4.78, 5) is 19.5. The van der Waals surface area contributed by atoms with Gasteiger partial charge in [0.05, 0.1) is 11.8 Å². The molecular formula is C13H9BrN2OS. The lowest BCUT2D eigenvalue weighted by atomic mass is 10.1. The van der Waals surface area contributed by atoms with Crippen LogP contribution in [0.2, 0.25) is 0 Å². The summed E-state index contributed by atoms with van der Waals surface area (Å²) in [6, 6.07) is 8.12. The third-order valence-electron chi connectivity index (χ3n) is 2.71. The summed E-state index contributed by atoms with van der Waals surface area (Å²) in [6.45, 7) is 2.05. The lowest BCUT2D eigenvalue weighted by molar-refractivity contribution is 1.18. The molecule has 0 saturated heterocycles. The summed E-state index contributed by atoms with van der Waals surface area (Å²) in [5, 5.41) is 0. The smallest absolute Gasteiger partial charge is 0.268 e. The molecule has 0 bridgehead atoms. The molecule has 0 aliphatic heterocycles. The first-order valence-electron chi connectivity index (χ1n) is 5.39. The molecular weight excluding hydrogens is 312 g/mol. The van der Waals surface area contributed by atoms with Gasteiger partial charge < -0.3 is 4.98 Å². The summed E-state index contributed by atoms with van der Waals surface area (Å²) in [7, 11) is 0. The fraction of sp³-hybridized carbons (Fsp3) is 0.0769. The number of hydrogen-bond donors (Lipinski definition) is 1. The maximum Gasteiger partial charge on any atom is 0.268 e. The second-order valence-electron chi connectivity index (χ2n) is 4.04. The molecule has 0 fully saturated rings. The van der Waals surface area contributed by atoms with Gasteiger partial charge in [-0.25, -0.2) is 4.98 Å². The van der Waals surface area contributed by atoms with Gasteiger partial charge in [0, 0.05) is 14.9 Å². The first kappa shape index (κ1) is 11.6. The van der Waals surface area contributed by atoms with Crippen LogP contribution in [0.25, 0.3) is 20.7 Å². The van der Waals surface area contributed by atoms with Crippen LogP contribution in [0.5, 0.6) is 0 Å². The number of hydrogen-bond acceptors (Lipinski definition) is 3. The van der Waals surface area contributed by atoms with E-state index in [1.165, 1.54) is 23.2 Å². The highest BCUT2D eigenvalue weighted by atomic mass is 79.9. The zero-order valence-corrected chi connectivity index (χ0v) is 11.9. The van der Waals surface area contributed by atoms with Crippen molar-refractivity contribution >= 4 is 37.5 Å². The third kappa shape index (κ3) is 1.89. The van der Waals surface area contributed by atoms with Gasteiger partial charge in [-0.3, -0.25) is 4.79 Å². The Bertz CT molecular complexity index is 791. The first-order valence-corrected chi connectivity index (χ1v) is 7.00. The van der Waals surface area contributed by atoms with Gasteiger partial charge in [0.25, 0.3) is 5.56 Å². The Morgan fingerprint density at radius 2 is 2.17 bits per heavy atom. The fourth-order valence-corrected chi connectivity index (χ4v) is 3.46. The number of H-pyrrole nitrogens is 1. The molecule has 0 unspecified atom stereocenters. The maximum atomic E-state index is 11.7. The second kappa shape index (κ2) is 4.33. The minimum Gasteiger partial charge on any atom is -0.312 e. The van der Waals surface area contributed by atoms with E-state index >= 15 is 0 Å². The van der Waals surface area contributed by atoms with Crippen molar-refractivity contribution in [3.05, 3.63) is 51.0 Å². The number of aromatic amines is 1. The average Bonchev–Trinajstić information content (AvgIpc) is 2.77. The topological polar surface area (TPSA) is 45.8 Å². The van der Waals surface area contributed by atoms with Gasteiger partial charge in [0.15, 0.2) is 0 Å². The Morgan fingerprint density at radius 1 is 1.33 bits per heavy atom. The van der Waals surface area contributed by atoms with Crippen molar-refractivity contribution in [1.29, 1.82) is 0 Å². The van der Waals surface area contributed by atoms with E-state index < -0.39 is 0 Å². The van der Waals surface area contributed by atoms with Crippen molar-refractivity contribution in [1.82, 2.24) is 9.97 Å². The zero-order chi connectivity index (χ0) is 12.7. The maximum absolute atomic E-state index is 11.7. The Labute approximate surface area is 116 Å². The number of aromatic nitrogens is 2. The predicted molar refractivity (Wildman–Crippen MR) is 78.1 cm³/mol. The third-order valence-corrected chi connectivity index (χ3v) is 4.55. The molecule has 0 aliphatic carbocycles. The van der Waals surface area contributed by atoms with Crippen LogP contribution in [0.15, 0.2) is 39.9 Å². The molecule has 0 atom stereocenters. The molecule has 0 saturated carbocycles. The largest absolute Gasteiger partial charge is 0.312 e. The minimum atomic E-state index is -0.0833. The quantitative estimate of drug-likeness (QED) is 0.742. The molecule has 1 N–H and O–H groups in total. The molecule has 0 radical (unpaired) electrons. The fourth-order valence-electron chi connectivity index (χ4n) is 1.83. The Hall–Kier alpha value is -1.46. The van der Waals surface area contributed by atoms with E-state index in [9.17, 15) is 4.79 Å². The van der Waals surface area contributed by atoms with Crippen LogP contribution in [0, 0.1) is 6.92 Å². The molecule has 5 heteroatoms. The Balaban J connectivity index is 2.29. The van der Waals surface area contributed by atoms with E-state index in [1.807, 2.05) is 25.1 Å². The Morgan fingerprint density at radius 3 is 2.94 bits per heavy atom. The molecule has 90 valence electrons. The number of halogens is 1. The molecule has 0 amide bonds. The van der Waals surface area contributed by atoms with E-state index in [1.54, 1.807) is 0 Å². The summed E-state index contributed by atoms with van der Waals surface area (Å²) >= 11 is 5.01. The monoisotopic (exact) mass is 320 g/mol. The minimum absolute atomic E-state index is 0.0833. The van der Waals surface area contributed by atoms with Crippen LogP contribution >= 0.6 is 27.3 Å². The van der Waals surface area contributed by atoms with Gasteiger partial charge in [-0.15, -0.1) is 11.3 Å². The highest BCUT2D eigenvalue weighted by molar-refractivity contribution is 9.10. The number of benzene rings is 1. The van der Waals surface area contributed by atoms with Crippen LogP contribution in [-0.2, 0) is 0 Å². The second-order valence-corrected chi connectivity index (χ2v) is 5.95. The van der Waals surface area contributed by atoms with Gasteiger partial charge in [0.1, 0.15) is 4.70 Å². The van der Waals surface area contributed by atoms with Crippen LogP contribution in [0.4, 0.5) is 0 Å². The number of thiophene rings is 1.